The summed E-state index contributed by atoms with van der Waals surface area (Å²) in [6, 6.07) is 11.5. The van der Waals surface area contributed by atoms with Crippen LogP contribution in [0.4, 0.5) is 11.4 Å². The van der Waals surface area contributed by atoms with E-state index in [0.717, 1.165) is 45.8 Å². The number of carbonyl (C=O) groups is 1. The van der Waals surface area contributed by atoms with Gasteiger partial charge in [-0.1, -0.05) is 18.2 Å². The number of hydrogen-bond acceptors (Lipinski definition) is 5. The lowest BCUT2D eigenvalue weighted by Gasteiger charge is -2.21. The number of benzene rings is 2. The average Bonchev–Trinajstić information content (AvgIpc) is 2.93. The predicted molar refractivity (Wildman–Crippen MR) is 106 cm³/mol. The van der Waals surface area contributed by atoms with Crippen LogP contribution >= 0.6 is 0 Å². The van der Waals surface area contributed by atoms with Crippen molar-refractivity contribution in [1.29, 1.82) is 0 Å². The van der Waals surface area contributed by atoms with Gasteiger partial charge < -0.3 is 16.2 Å². The van der Waals surface area contributed by atoms with E-state index in [1.807, 2.05) is 41.4 Å². The molecule has 0 bridgehead atoms. The van der Waals surface area contributed by atoms with E-state index in [1.54, 1.807) is 6.08 Å². The van der Waals surface area contributed by atoms with Crippen LogP contribution < -0.4 is 26.9 Å². The molecule has 3 aliphatic rings. The predicted octanol–water partition coefficient (Wildman–Crippen LogP) is 0.845. The van der Waals surface area contributed by atoms with Crippen molar-refractivity contribution in [3.8, 4) is 0 Å². The molecule has 6 nitrogen and oxygen atoms in total. The molecule has 0 atom stereocenters. The molecule has 0 radical (unpaired) electrons. The van der Waals surface area contributed by atoms with Crippen LogP contribution in [0.1, 0.15) is 17.5 Å². The number of fused-ring (bicyclic) bond motifs is 4. The van der Waals surface area contributed by atoms with Gasteiger partial charge in [-0.05, 0) is 47.0 Å². The number of nitrogens with one attached hydrogen (secondary N) is 2. The van der Waals surface area contributed by atoms with Crippen LogP contribution in [-0.2, 0) is 11.2 Å². The number of nitrogens with zero attached hydrogens (tertiary/aromatic N) is 1. The number of amides is 1. The number of carbonyl (C=O) groups excluding carboxylic acids is 1. The second-order valence-corrected chi connectivity index (χ2v) is 7.09. The fourth-order valence-corrected chi connectivity index (χ4v) is 4.06. The summed E-state index contributed by atoms with van der Waals surface area (Å²) >= 11 is 0. The average molecular weight is 360 g/mol. The Morgan fingerprint density at radius 1 is 1.19 bits per heavy atom. The zero-order valence-corrected chi connectivity index (χ0v) is 14.7. The molecule has 1 amide bonds. The Bertz CT molecular complexity index is 1130. The second kappa shape index (κ2) is 5.81. The summed E-state index contributed by atoms with van der Waals surface area (Å²) < 4.78 is 0. The summed E-state index contributed by atoms with van der Waals surface area (Å²) in [5, 5.41) is 17.3. The van der Waals surface area contributed by atoms with Crippen molar-refractivity contribution in [2.45, 2.75) is 12.8 Å². The van der Waals surface area contributed by atoms with Crippen LogP contribution in [0.5, 0.6) is 0 Å². The summed E-state index contributed by atoms with van der Waals surface area (Å²) in [5.41, 5.74) is 14.5. The molecule has 2 aromatic rings. The highest BCUT2D eigenvalue weighted by atomic mass is 16.3. The summed E-state index contributed by atoms with van der Waals surface area (Å²) in [6.07, 6.45) is 3.24. The van der Waals surface area contributed by atoms with E-state index in [9.17, 15) is 9.90 Å². The van der Waals surface area contributed by atoms with E-state index in [4.69, 9.17) is 5.73 Å². The molecular formula is C21H20N4O2. The molecule has 1 fully saturated rings. The first kappa shape index (κ1) is 15.8. The number of hydrazine groups is 1. The lowest BCUT2D eigenvalue weighted by molar-refractivity contribution is -0.116. The van der Waals surface area contributed by atoms with Crippen molar-refractivity contribution < 1.29 is 9.90 Å². The molecule has 5 N–H and O–H groups in total. The third-order valence-electron chi connectivity index (χ3n) is 5.37. The first-order valence-corrected chi connectivity index (χ1v) is 9.10. The van der Waals surface area contributed by atoms with Gasteiger partial charge in [-0.2, -0.15) is 0 Å². The van der Waals surface area contributed by atoms with Crippen LogP contribution in [0, 0.1) is 0 Å². The van der Waals surface area contributed by atoms with Gasteiger partial charge in [-0.3, -0.25) is 15.2 Å². The first-order chi connectivity index (χ1) is 13.1. The maximum atomic E-state index is 12.5. The van der Waals surface area contributed by atoms with Gasteiger partial charge in [0.15, 0.2) is 0 Å². The van der Waals surface area contributed by atoms with E-state index in [-0.39, 0.29) is 11.7 Å². The third kappa shape index (κ3) is 2.44. The zero-order valence-electron chi connectivity index (χ0n) is 14.7. The van der Waals surface area contributed by atoms with Crippen LogP contribution in [-0.4, -0.2) is 29.1 Å². The number of hydrogen-bond donors (Lipinski definition) is 4. The molecule has 136 valence electrons. The maximum Gasteiger partial charge on any atom is 0.270 e. The smallest absolute Gasteiger partial charge is 0.270 e. The molecule has 0 aromatic heterocycles. The summed E-state index contributed by atoms with van der Waals surface area (Å²) in [4.78, 5) is 12.5. The highest BCUT2D eigenvalue weighted by Crippen LogP contribution is 2.30. The molecule has 2 aromatic carbocycles. The summed E-state index contributed by atoms with van der Waals surface area (Å²) in [5.74, 6) is 0.207. The second-order valence-electron chi connectivity index (χ2n) is 7.09. The molecule has 6 heteroatoms. The molecule has 2 aliphatic heterocycles. The van der Waals surface area contributed by atoms with Gasteiger partial charge in [0.2, 0.25) is 0 Å². The highest BCUT2D eigenvalue weighted by molar-refractivity contribution is 6.14. The lowest BCUT2D eigenvalue weighted by atomic mass is 9.90. The third-order valence-corrected chi connectivity index (χ3v) is 5.37. The largest absolute Gasteiger partial charge is 0.508 e. The topological polar surface area (TPSA) is 90.6 Å². The molecule has 1 aliphatic carbocycles. The van der Waals surface area contributed by atoms with E-state index >= 15 is 0 Å². The first-order valence-electron chi connectivity index (χ1n) is 9.10. The van der Waals surface area contributed by atoms with E-state index in [1.165, 1.54) is 0 Å². The van der Waals surface area contributed by atoms with Crippen LogP contribution in [0.15, 0.2) is 42.2 Å². The highest BCUT2D eigenvalue weighted by Gasteiger charge is 2.30. The van der Waals surface area contributed by atoms with Crippen molar-refractivity contribution in [2.24, 2.45) is 0 Å². The molecule has 27 heavy (non-hydrogen) atoms. The van der Waals surface area contributed by atoms with E-state index in [2.05, 4.69) is 10.7 Å². The summed E-state index contributed by atoms with van der Waals surface area (Å²) in [7, 11) is 0. The van der Waals surface area contributed by atoms with Gasteiger partial charge in [0, 0.05) is 36.0 Å². The molecule has 1 saturated heterocycles. The van der Waals surface area contributed by atoms with Crippen molar-refractivity contribution >= 4 is 34.6 Å². The van der Waals surface area contributed by atoms with Gasteiger partial charge in [-0.25, -0.2) is 0 Å². The quantitative estimate of drug-likeness (QED) is 0.566. The number of nitrogen functional groups attached to an aromatic ring is 1. The minimum Gasteiger partial charge on any atom is -0.508 e. The van der Waals surface area contributed by atoms with Gasteiger partial charge in [0.05, 0.1) is 5.69 Å². The monoisotopic (exact) mass is 360 g/mol. The van der Waals surface area contributed by atoms with Crippen molar-refractivity contribution in [1.82, 2.24) is 10.3 Å². The standard InChI is InChI=1S/C21H20N4O2/c22-14-4-1-3-12(9-14)16-11-17-13(10-18(16)26)5-6-15-19(17)24-25-8-2-7-23-21(27)20(15)25/h1,3-6,9-10,24,26H,2,7-8,11,22H2,(H,23,27). The lowest BCUT2D eigenvalue weighted by Crippen LogP contribution is -2.31. The Labute approximate surface area is 156 Å². The fourth-order valence-electron chi connectivity index (χ4n) is 4.06. The molecule has 2 heterocycles. The minimum absolute atomic E-state index is 0.0482. The SMILES string of the molecule is Nc1cccc(C2=C(O)C=c3ccc4c(c3C2)NN2CCCNC(=O)C=42)c1. The zero-order chi connectivity index (χ0) is 18.5. The molecule has 0 unspecified atom stereocenters. The fraction of sp³-hybridized carbons (Fsp3) is 0.190. The molecule has 0 spiro atoms. The van der Waals surface area contributed by atoms with Gasteiger partial charge >= 0.3 is 0 Å². The Kier molecular flexibility index (Phi) is 3.40. The maximum absolute atomic E-state index is 12.5. The van der Waals surface area contributed by atoms with Crippen molar-refractivity contribution in [3.63, 3.8) is 0 Å². The van der Waals surface area contributed by atoms with Gasteiger partial charge in [0.25, 0.3) is 5.91 Å². The Hall–Kier alpha value is -3.41. The number of anilines is 2. The van der Waals surface area contributed by atoms with Crippen LogP contribution in [0.2, 0.25) is 0 Å². The van der Waals surface area contributed by atoms with Gasteiger partial charge in [-0.15, -0.1) is 0 Å². The summed E-state index contributed by atoms with van der Waals surface area (Å²) in [6.45, 7) is 1.45. The molecular weight excluding hydrogens is 340 g/mol. The van der Waals surface area contributed by atoms with Crippen molar-refractivity contribution in [3.05, 3.63) is 63.7 Å². The minimum atomic E-state index is -0.0482. The number of aliphatic hydroxyl groups excluding tert-OH is 1. The number of allylic oxidation sites excluding steroid dienone is 2. The Morgan fingerprint density at radius 3 is 2.93 bits per heavy atom. The number of nitrogens with two attached hydrogens (primary N) is 1. The van der Waals surface area contributed by atoms with Crippen LogP contribution in [0.25, 0.3) is 17.3 Å². The van der Waals surface area contributed by atoms with E-state index in [0.29, 0.717) is 24.4 Å². The normalized spacial score (nSPS) is 18.0. The number of rotatable bonds is 1. The molecule has 5 rings (SSSR count). The Balaban J connectivity index is 1.67. The van der Waals surface area contributed by atoms with E-state index < -0.39 is 0 Å². The van der Waals surface area contributed by atoms with Gasteiger partial charge in [0.1, 0.15) is 11.5 Å². The van der Waals surface area contributed by atoms with Crippen molar-refractivity contribution in [2.75, 3.05) is 24.2 Å². The Morgan fingerprint density at radius 2 is 2.07 bits per heavy atom. The van der Waals surface area contributed by atoms with Crippen LogP contribution in [0.3, 0.4) is 0 Å². The number of aliphatic hydroxyl groups is 1. The molecule has 0 saturated carbocycles.